The van der Waals surface area contributed by atoms with E-state index in [4.69, 9.17) is 4.74 Å². The van der Waals surface area contributed by atoms with Gasteiger partial charge in [-0.25, -0.2) is 0 Å². The fourth-order valence-corrected chi connectivity index (χ4v) is 3.42. The number of methoxy groups -OCH3 is 1. The Morgan fingerprint density at radius 2 is 2.21 bits per heavy atom. The quantitative estimate of drug-likeness (QED) is 0.799. The van der Waals surface area contributed by atoms with E-state index >= 15 is 0 Å². The smallest absolute Gasteiger partial charge is 0.133 e. The molecule has 0 saturated carbocycles. The number of nitrogens with one attached hydrogen (secondary N) is 1. The van der Waals surface area contributed by atoms with Crippen molar-refractivity contribution in [2.24, 2.45) is 11.8 Å². The van der Waals surface area contributed by atoms with Gasteiger partial charge in [0.05, 0.1) is 11.6 Å². The maximum absolute atomic E-state index is 5.24. The Labute approximate surface area is 124 Å². The molecule has 0 fully saturated rings. The number of ether oxygens (including phenoxy) is 1. The molecule has 0 radical (unpaired) electrons. The number of halogens is 1. The summed E-state index contributed by atoms with van der Waals surface area (Å²) in [6, 6.07) is 6.13. The summed E-state index contributed by atoms with van der Waals surface area (Å²) in [6.45, 7) is 5.58. The minimum Gasteiger partial charge on any atom is -0.496 e. The van der Waals surface area contributed by atoms with Crippen molar-refractivity contribution in [3.63, 3.8) is 0 Å². The first kappa shape index (κ1) is 14.4. The summed E-state index contributed by atoms with van der Waals surface area (Å²) in [4.78, 5) is 0. The van der Waals surface area contributed by atoms with Crippen LogP contribution in [0.3, 0.4) is 0 Å². The lowest BCUT2D eigenvalue weighted by Crippen LogP contribution is -2.20. The number of allylic oxidation sites excluding steroid dienone is 2. The molecule has 1 aliphatic rings. The van der Waals surface area contributed by atoms with Gasteiger partial charge < -0.3 is 10.1 Å². The van der Waals surface area contributed by atoms with Crippen LogP contribution in [0.25, 0.3) is 0 Å². The Bertz CT molecular complexity index is 470. The van der Waals surface area contributed by atoms with E-state index in [0.29, 0.717) is 5.92 Å². The third kappa shape index (κ3) is 4.00. The molecule has 3 heteroatoms. The van der Waals surface area contributed by atoms with Crippen molar-refractivity contribution < 1.29 is 4.74 Å². The second-order valence-corrected chi connectivity index (χ2v) is 6.38. The molecule has 2 atom stereocenters. The standard InChI is InChI=1S/C16H22BrNO/c1-11-6-12(2)8-13(7-11)10-18-14-4-5-16(19-3)15(17)9-14/h4-6,9,11,13,18H,7-8,10H2,1-3H3. The monoisotopic (exact) mass is 323 g/mol. The van der Waals surface area contributed by atoms with Crippen LogP contribution < -0.4 is 10.1 Å². The summed E-state index contributed by atoms with van der Waals surface area (Å²) in [7, 11) is 1.69. The highest BCUT2D eigenvalue weighted by atomic mass is 79.9. The third-order valence-corrected chi connectivity index (χ3v) is 4.25. The van der Waals surface area contributed by atoms with Crippen molar-refractivity contribution in [2.75, 3.05) is 19.0 Å². The van der Waals surface area contributed by atoms with Gasteiger partial charge in [0.15, 0.2) is 0 Å². The molecule has 0 spiro atoms. The van der Waals surface area contributed by atoms with Gasteiger partial charge >= 0.3 is 0 Å². The molecule has 0 aliphatic heterocycles. The largest absolute Gasteiger partial charge is 0.496 e. The van der Waals surface area contributed by atoms with Crippen LogP contribution in [0.1, 0.15) is 26.7 Å². The maximum Gasteiger partial charge on any atom is 0.133 e. The average Bonchev–Trinajstić information content (AvgIpc) is 2.35. The predicted molar refractivity (Wildman–Crippen MR) is 84.8 cm³/mol. The fourth-order valence-electron chi connectivity index (χ4n) is 2.88. The van der Waals surface area contributed by atoms with Crippen LogP contribution in [0.5, 0.6) is 5.75 Å². The van der Waals surface area contributed by atoms with Crippen molar-refractivity contribution >= 4 is 21.6 Å². The minimum absolute atomic E-state index is 0.711. The van der Waals surface area contributed by atoms with Crippen molar-refractivity contribution in [1.29, 1.82) is 0 Å². The first-order valence-electron chi connectivity index (χ1n) is 6.83. The second-order valence-electron chi connectivity index (χ2n) is 5.53. The summed E-state index contributed by atoms with van der Waals surface area (Å²) in [5.74, 6) is 2.32. The van der Waals surface area contributed by atoms with Crippen molar-refractivity contribution in [3.05, 3.63) is 34.3 Å². The zero-order valence-electron chi connectivity index (χ0n) is 11.9. The molecule has 0 amide bonds. The van der Waals surface area contributed by atoms with Gasteiger partial charge in [0.2, 0.25) is 0 Å². The van der Waals surface area contributed by atoms with Crippen molar-refractivity contribution in [1.82, 2.24) is 0 Å². The lowest BCUT2D eigenvalue weighted by atomic mass is 9.84. The summed E-state index contributed by atoms with van der Waals surface area (Å²) >= 11 is 3.52. The lowest BCUT2D eigenvalue weighted by Gasteiger charge is -2.26. The Kier molecular flexibility index (Phi) is 4.92. The Balaban J connectivity index is 1.92. The zero-order valence-corrected chi connectivity index (χ0v) is 13.5. The zero-order chi connectivity index (χ0) is 13.8. The minimum atomic E-state index is 0.711. The summed E-state index contributed by atoms with van der Waals surface area (Å²) in [5.41, 5.74) is 2.67. The number of rotatable bonds is 4. The van der Waals surface area contributed by atoms with Crippen molar-refractivity contribution in [3.8, 4) is 5.75 Å². The summed E-state index contributed by atoms with van der Waals surface area (Å²) in [6.07, 6.45) is 4.90. The molecule has 2 nitrogen and oxygen atoms in total. The number of hydrogen-bond acceptors (Lipinski definition) is 2. The molecule has 19 heavy (non-hydrogen) atoms. The Hall–Kier alpha value is -0.960. The molecule has 104 valence electrons. The second kappa shape index (κ2) is 6.47. The van der Waals surface area contributed by atoms with Gasteiger partial charge in [0, 0.05) is 12.2 Å². The number of hydrogen-bond donors (Lipinski definition) is 1. The fraction of sp³-hybridized carbons (Fsp3) is 0.500. The van der Waals surface area contributed by atoms with Gasteiger partial charge in [0.1, 0.15) is 5.75 Å². The molecule has 0 saturated heterocycles. The molecule has 0 aromatic heterocycles. The predicted octanol–water partition coefficient (Wildman–Crippen LogP) is 4.86. The normalized spacial score (nSPS) is 22.8. The third-order valence-electron chi connectivity index (χ3n) is 3.63. The first-order chi connectivity index (χ1) is 9.08. The molecular weight excluding hydrogens is 302 g/mol. The van der Waals surface area contributed by atoms with E-state index in [2.05, 4.69) is 53.3 Å². The molecule has 1 aliphatic carbocycles. The van der Waals surface area contributed by atoms with E-state index in [1.54, 1.807) is 7.11 Å². The number of anilines is 1. The topological polar surface area (TPSA) is 21.3 Å². The summed E-state index contributed by atoms with van der Waals surface area (Å²) < 4.78 is 6.23. The van der Waals surface area contributed by atoms with E-state index in [-0.39, 0.29) is 0 Å². The lowest BCUT2D eigenvalue weighted by molar-refractivity contribution is 0.412. The van der Waals surface area contributed by atoms with Crippen LogP contribution in [-0.2, 0) is 0 Å². The van der Waals surface area contributed by atoms with Crippen LogP contribution in [0.4, 0.5) is 5.69 Å². The molecule has 2 rings (SSSR count). The van der Waals surface area contributed by atoms with Crippen LogP contribution in [0, 0.1) is 11.8 Å². The van der Waals surface area contributed by atoms with Crippen LogP contribution in [-0.4, -0.2) is 13.7 Å². The Morgan fingerprint density at radius 1 is 1.42 bits per heavy atom. The first-order valence-corrected chi connectivity index (χ1v) is 7.62. The Morgan fingerprint density at radius 3 is 2.84 bits per heavy atom. The highest BCUT2D eigenvalue weighted by Gasteiger charge is 2.17. The van der Waals surface area contributed by atoms with E-state index < -0.39 is 0 Å². The highest BCUT2D eigenvalue weighted by Crippen LogP contribution is 2.30. The molecule has 1 aromatic carbocycles. The SMILES string of the molecule is COc1ccc(NCC2CC(C)=CC(C)C2)cc1Br. The average molecular weight is 324 g/mol. The van der Waals surface area contributed by atoms with E-state index in [0.717, 1.165) is 28.4 Å². The summed E-state index contributed by atoms with van der Waals surface area (Å²) in [5, 5.41) is 3.53. The van der Waals surface area contributed by atoms with Gasteiger partial charge in [-0.1, -0.05) is 18.6 Å². The molecule has 0 bridgehead atoms. The van der Waals surface area contributed by atoms with Gasteiger partial charge in [-0.15, -0.1) is 0 Å². The van der Waals surface area contributed by atoms with Gasteiger partial charge in [-0.3, -0.25) is 0 Å². The van der Waals surface area contributed by atoms with Crippen molar-refractivity contribution in [2.45, 2.75) is 26.7 Å². The maximum atomic E-state index is 5.24. The van der Waals surface area contributed by atoms with E-state index in [9.17, 15) is 0 Å². The molecule has 1 aromatic rings. The van der Waals surface area contributed by atoms with Crippen LogP contribution >= 0.6 is 15.9 Å². The van der Waals surface area contributed by atoms with Gasteiger partial charge in [0.25, 0.3) is 0 Å². The van der Waals surface area contributed by atoms with E-state index in [1.165, 1.54) is 18.4 Å². The van der Waals surface area contributed by atoms with Crippen LogP contribution in [0.2, 0.25) is 0 Å². The highest BCUT2D eigenvalue weighted by molar-refractivity contribution is 9.10. The van der Waals surface area contributed by atoms with Gasteiger partial charge in [-0.05, 0) is 65.7 Å². The molecular formula is C16H22BrNO. The van der Waals surface area contributed by atoms with Crippen LogP contribution in [0.15, 0.2) is 34.3 Å². The molecule has 0 heterocycles. The van der Waals surface area contributed by atoms with Gasteiger partial charge in [-0.2, -0.15) is 0 Å². The number of benzene rings is 1. The van der Waals surface area contributed by atoms with E-state index in [1.807, 2.05) is 6.07 Å². The molecule has 1 N–H and O–H groups in total. The molecule has 2 unspecified atom stereocenters.